The second-order valence-corrected chi connectivity index (χ2v) is 5.43. The first kappa shape index (κ1) is 11.5. The molecule has 0 amide bonds. The second-order valence-electron chi connectivity index (χ2n) is 3.40. The molecule has 0 N–H and O–H groups in total. The molecular weight excluding hydrogens is 291 g/mol. The molecule has 82 valence electrons. The van der Waals surface area contributed by atoms with Gasteiger partial charge in [-0.15, -0.1) is 11.3 Å². The number of aryl methyl sites for hydroxylation is 1. The van der Waals surface area contributed by atoms with E-state index in [1.54, 1.807) is 17.5 Å². The molecule has 0 saturated heterocycles. The van der Waals surface area contributed by atoms with Gasteiger partial charge in [-0.1, -0.05) is 15.9 Å². The summed E-state index contributed by atoms with van der Waals surface area (Å²) in [6, 6.07) is 6.23. The summed E-state index contributed by atoms with van der Waals surface area (Å²) in [7, 11) is 0. The monoisotopic (exact) mass is 298 g/mol. The van der Waals surface area contributed by atoms with Crippen molar-refractivity contribution in [3.63, 3.8) is 0 Å². The molecule has 0 atom stereocenters. The lowest BCUT2D eigenvalue weighted by atomic mass is 10.1. The molecule has 0 spiro atoms. The van der Waals surface area contributed by atoms with Crippen molar-refractivity contribution in [1.82, 2.24) is 0 Å². The van der Waals surface area contributed by atoms with Crippen LogP contribution in [-0.4, -0.2) is 5.78 Å². The maximum Gasteiger partial charge on any atom is 0.196 e. The first-order chi connectivity index (χ1) is 7.58. The summed E-state index contributed by atoms with van der Waals surface area (Å²) >= 11 is 4.64. The van der Waals surface area contributed by atoms with Gasteiger partial charge in [-0.25, -0.2) is 4.39 Å². The lowest BCUT2D eigenvalue weighted by Gasteiger charge is -2.00. The second kappa shape index (κ2) is 4.47. The van der Waals surface area contributed by atoms with Gasteiger partial charge in [0.2, 0.25) is 0 Å². The molecule has 0 aliphatic heterocycles. The highest BCUT2D eigenvalue weighted by molar-refractivity contribution is 9.10. The Morgan fingerprint density at radius 2 is 2.12 bits per heavy atom. The summed E-state index contributed by atoms with van der Waals surface area (Å²) in [5, 5.41) is 1.75. The van der Waals surface area contributed by atoms with E-state index in [1.165, 1.54) is 23.5 Å². The van der Waals surface area contributed by atoms with Crippen LogP contribution in [0.5, 0.6) is 0 Å². The number of carbonyl (C=O) groups excluding carboxylic acids is 1. The molecule has 1 aromatic carbocycles. The van der Waals surface area contributed by atoms with Crippen LogP contribution >= 0.6 is 27.3 Å². The smallest absolute Gasteiger partial charge is 0.196 e. The molecule has 2 rings (SSSR count). The average Bonchev–Trinajstić information content (AvgIpc) is 2.64. The number of halogens is 2. The largest absolute Gasteiger partial charge is 0.288 e. The number of ketones is 1. The molecular formula is C12H8BrFOS. The van der Waals surface area contributed by atoms with Gasteiger partial charge in [0.05, 0.1) is 5.56 Å². The quantitative estimate of drug-likeness (QED) is 0.760. The number of rotatable bonds is 2. The molecule has 1 heterocycles. The zero-order valence-electron chi connectivity index (χ0n) is 8.46. The standard InChI is InChI=1S/C12H8BrFOS/c1-7-4-8(6-16-7)12(15)10-3-2-9(13)5-11(10)14/h2-6H,1H3. The Hall–Kier alpha value is -1.000. The lowest BCUT2D eigenvalue weighted by Crippen LogP contribution is -2.02. The molecule has 0 fully saturated rings. The SMILES string of the molecule is Cc1cc(C(=O)c2ccc(Br)cc2F)cs1. The van der Waals surface area contributed by atoms with E-state index in [0.717, 1.165) is 4.88 Å². The molecule has 0 unspecified atom stereocenters. The summed E-state index contributed by atoms with van der Waals surface area (Å²) in [5.41, 5.74) is 0.657. The van der Waals surface area contributed by atoms with Gasteiger partial charge in [0.25, 0.3) is 0 Å². The van der Waals surface area contributed by atoms with Crippen LogP contribution in [0.25, 0.3) is 0 Å². The van der Waals surface area contributed by atoms with E-state index in [2.05, 4.69) is 15.9 Å². The van der Waals surface area contributed by atoms with Crippen LogP contribution < -0.4 is 0 Å². The molecule has 2 aromatic rings. The van der Waals surface area contributed by atoms with Crippen molar-refractivity contribution in [2.75, 3.05) is 0 Å². The van der Waals surface area contributed by atoms with E-state index in [0.29, 0.717) is 10.0 Å². The third kappa shape index (κ3) is 2.23. The number of thiophene rings is 1. The van der Waals surface area contributed by atoms with Gasteiger partial charge in [-0.05, 0) is 31.2 Å². The molecule has 0 aliphatic carbocycles. The third-order valence-electron chi connectivity index (χ3n) is 2.17. The molecule has 4 heteroatoms. The zero-order chi connectivity index (χ0) is 11.7. The fourth-order valence-corrected chi connectivity index (χ4v) is 2.41. The third-order valence-corrected chi connectivity index (χ3v) is 3.52. The van der Waals surface area contributed by atoms with Crippen LogP contribution in [0.2, 0.25) is 0 Å². The normalized spacial score (nSPS) is 10.4. The van der Waals surface area contributed by atoms with Crippen LogP contribution in [-0.2, 0) is 0 Å². The number of hydrogen-bond donors (Lipinski definition) is 0. The zero-order valence-corrected chi connectivity index (χ0v) is 10.9. The van der Waals surface area contributed by atoms with E-state index in [9.17, 15) is 9.18 Å². The predicted octanol–water partition coefficient (Wildman–Crippen LogP) is 4.19. The Bertz CT molecular complexity index is 548. The van der Waals surface area contributed by atoms with E-state index in [-0.39, 0.29) is 11.3 Å². The maximum absolute atomic E-state index is 13.5. The van der Waals surface area contributed by atoms with Gasteiger partial charge in [-0.2, -0.15) is 0 Å². The molecule has 1 nitrogen and oxygen atoms in total. The molecule has 0 saturated carbocycles. The maximum atomic E-state index is 13.5. The summed E-state index contributed by atoms with van der Waals surface area (Å²) in [5.74, 6) is -0.766. The van der Waals surface area contributed by atoms with Crippen LogP contribution in [0.1, 0.15) is 20.8 Å². The van der Waals surface area contributed by atoms with Crippen molar-refractivity contribution in [1.29, 1.82) is 0 Å². The average molecular weight is 299 g/mol. The summed E-state index contributed by atoms with van der Waals surface area (Å²) in [6.07, 6.45) is 0. The Balaban J connectivity index is 2.41. The Labute approximate surface area is 105 Å². The van der Waals surface area contributed by atoms with Gasteiger partial charge in [0.15, 0.2) is 5.78 Å². The van der Waals surface area contributed by atoms with Crippen molar-refractivity contribution < 1.29 is 9.18 Å². The minimum absolute atomic E-state index is 0.112. The molecule has 0 aliphatic rings. The topological polar surface area (TPSA) is 17.1 Å². The van der Waals surface area contributed by atoms with Gasteiger partial charge >= 0.3 is 0 Å². The van der Waals surface area contributed by atoms with Crippen molar-refractivity contribution >= 4 is 33.0 Å². The highest BCUT2D eigenvalue weighted by Gasteiger charge is 2.14. The molecule has 0 bridgehead atoms. The fraction of sp³-hybridized carbons (Fsp3) is 0.0833. The Morgan fingerprint density at radius 1 is 1.38 bits per heavy atom. The van der Waals surface area contributed by atoms with Crippen molar-refractivity contribution in [3.8, 4) is 0 Å². The van der Waals surface area contributed by atoms with Crippen molar-refractivity contribution in [2.45, 2.75) is 6.92 Å². The molecule has 0 radical (unpaired) electrons. The van der Waals surface area contributed by atoms with Crippen LogP contribution in [0, 0.1) is 12.7 Å². The number of benzene rings is 1. The van der Waals surface area contributed by atoms with E-state index < -0.39 is 5.82 Å². The fourth-order valence-electron chi connectivity index (χ4n) is 1.39. The van der Waals surface area contributed by atoms with E-state index in [1.807, 2.05) is 6.92 Å². The van der Waals surface area contributed by atoms with Crippen LogP contribution in [0.15, 0.2) is 34.1 Å². The van der Waals surface area contributed by atoms with Crippen molar-refractivity contribution in [2.24, 2.45) is 0 Å². The summed E-state index contributed by atoms with van der Waals surface area (Å²) in [6.45, 7) is 1.92. The Kier molecular flexibility index (Phi) is 3.21. The van der Waals surface area contributed by atoms with Crippen LogP contribution in [0.4, 0.5) is 4.39 Å². The highest BCUT2D eigenvalue weighted by atomic mass is 79.9. The van der Waals surface area contributed by atoms with Gasteiger partial charge < -0.3 is 0 Å². The minimum atomic E-state index is -0.497. The minimum Gasteiger partial charge on any atom is -0.288 e. The highest BCUT2D eigenvalue weighted by Crippen LogP contribution is 2.21. The number of hydrogen-bond acceptors (Lipinski definition) is 2. The van der Waals surface area contributed by atoms with Crippen LogP contribution in [0.3, 0.4) is 0 Å². The first-order valence-corrected chi connectivity index (χ1v) is 6.30. The van der Waals surface area contributed by atoms with E-state index >= 15 is 0 Å². The molecule has 16 heavy (non-hydrogen) atoms. The summed E-state index contributed by atoms with van der Waals surface area (Å²) in [4.78, 5) is 13.0. The van der Waals surface area contributed by atoms with E-state index in [4.69, 9.17) is 0 Å². The van der Waals surface area contributed by atoms with Crippen molar-refractivity contribution in [3.05, 3.63) is 55.9 Å². The molecule has 1 aromatic heterocycles. The predicted molar refractivity (Wildman–Crippen MR) is 66.6 cm³/mol. The Morgan fingerprint density at radius 3 is 2.69 bits per heavy atom. The van der Waals surface area contributed by atoms with Gasteiger partial charge in [0.1, 0.15) is 5.82 Å². The van der Waals surface area contributed by atoms with Gasteiger partial charge in [0, 0.05) is 20.3 Å². The lowest BCUT2D eigenvalue weighted by molar-refractivity contribution is 0.103. The number of carbonyl (C=O) groups is 1. The van der Waals surface area contributed by atoms with Gasteiger partial charge in [-0.3, -0.25) is 4.79 Å². The summed E-state index contributed by atoms with van der Waals surface area (Å²) < 4.78 is 14.2. The first-order valence-electron chi connectivity index (χ1n) is 4.63.